The Morgan fingerprint density at radius 3 is 2.65 bits per heavy atom. The first-order valence-corrected chi connectivity index (χ1v) is 6.57. The van der Waals surface area contributed by atoms with E-state index in [2.05, 4.69) is 4.98 Å². The van der Waals surface area contributed by atoms with Crippen LogP contribution < -0.4 is 0 Å². The van der Waals surface area contributed by atoms with Crippen LogP contribution in [0.5, 0.6) is 0 Å². The molecule has 0 fully saturated rings. The Morgan fingerprint density at radius 1 is 1.35 bits per heavy atom. The molecule has 1 aromatic heterocycles. The van der Waals surface area contributed by atoms with E-state index in [1.165, 1.54) is 12.1 Å². The quantitative estimate of drug-likeness (QED) is 0.499. The summed E-state index contributed by atoms with van der Waals surface area (Å²) < 4.78 is 0. The molecule has 2 rings (SSSR count). The van der Waals surface area contributed by atoms with Crippen molar-refractivity contribution < 1.29 is 9.72 Å². The molecule has 0 atom stereocenters. The van der Waals surface area contributed by atoms with Gasteiger partial charge in [-0.1, -0.05) is 13.8 Å². The summed E-state index contributed by atoms with van der Waals surface area (Å²) in [6.45, 7) is 5.91. The number of carbonyl (C=O) groups excluding carboxylic acids is 1. The van der Waals surface area contributed by atoms with Gasteiger partial charge in [0.15, 0.2) is 5.78 Å². The Labute approximate surface area is 116 Å². The number of hydrogen-bond acceptors (Lipinski definition) is 4. The van der Waals surface area contributed by atoms with Crippen molar-refractivity contribution >= 4 is 22.4 Å². The fraction of sp³-hybridized carbons (Fsp3) is 0.357. The molecular formula is C14H17N3O3. The average Bonchev–Trinajstić information content (AvgIpc) is 2.87. The number of nitrogens with zero attached hydrogens (tertiary/aromatic N) is 2. The van der Waals surface area contributed by atoms with E-state index in [4.69, 9.17) is 0 Å². The molecular weight excluding hydrogens is 258 g/mol. The number of ketones is 1. The number of nitro benzene ring substituents is 1. The first-order chi connectivity index (χ1) is 9.56. The van der Waals surface area contributed by atoms with Gasteiger partial charge in [-0.2, -0.15) is 0 Å². The largest absolute Gasteiger partial charge is 0.360 e. The number of rotatable bonds is 6. The van der Waals surface area contributed by atoms with Crippen LogP contribution in [-0.2, 0) is 0 Å². The lowest BCUT2D eigenvalue weighted by Gasteiger charge is -2.16. The third-order valence-corrected chi connectivity index (χ3v) is 3.44. The van der Waals surface area contributed by atoms with Crippen molar-refractivity contribution in [3.05, 3.63) is 40.1 Å². The molecule has 1 aromatic carbocycles. The Balaban J connectivity index is 2.36. The smallest absolute Gasteiger partial charge is 0.270 e. The normalized spacial score (nSPS) is 11.2. The second-order valence-corrected chi connectivity index (χ2v) is 4.57. The van der Waals surface area contributed by atoms with Crippen LogP contribution in [-0.4, -0.2) is 40.2 Å². The van der Waals surface area contributed by atoms with Gasteiger partial charge in [-0.25, -0.2) is 0 Å². The van der Waals surface area contributed by atoms with Gasteiger partial charge < -0.3 is 4.98 Å². The van der Waals surface area contributed by atoms with E-state index >= 15 is 0 Å². The van der Waals surface area contributed by atoms with E-state index in [1.807, 2.05) is 18.7 Å². The molecule has 1 N–H and O–H groups in total. The second kappa shape index (κ2) is 5.83. The number of fused-ring (bicyclic) bond motifs is 1. The van der Waals surface area contributed by atoms with Crippen LogP contribution in [0.4, 0.5) is 5.69 Å². The highest BCUT2D eigenvalue weighted by atomic mass is 16.6. The monoisotopic (exact) mass is 275 g/mol. The first-order valence-electron chi connectivity index (χ1n) is 6.57. The number of H-pyrrole nitrogens is 1. The molecule has 0 aliphatic carbocycles. The molecule has 0 saturated heterocycles. The summed E-state index contributed by atoms with van der Waals surface area (Å²) in [6.07, 6.45) is 1.63. The Hall–Kier alpha value is -2.21. The van der Waals surface area contributed by atoms with E-state index in [9.17, 15) is 14.9 Å². The Bertz CT molecular complexity index is 644. The standard InChI is InChI=1S/C14H17N3O3/c1-3-16(4-2)9-14(18)12-8-15-13-6-5-10(17(19)20)7-11(12)13/h5-8,15H,3-4,9H2,1-2H3. The summed E-state index contributed by atoms with van der Waals surface area (Å²) in [5, 5.41) is 11.4. The van der Waals surface area contributed by atoms with Gasteiger partial charge in [0.1, 0.15) is 0 Å². The van der Waals surface area contributed by atoms with E-state index in [-0.39, 0.29) is 11.5 Å². The lowest BCUT2D eigenvalue weighted by Crippen LogP contribution is -2.29. The van der Waals surface area contributed by atoms with Gasteiger partial charge in [-0.15, -0.1) is 0 Å². The minimum absolute atomic E-state index is 0.00557. The van der Waals surface area contributed by atoms with Crippen LogP contribution in [0.15, 0.2) is 24.4 Å². The predicted molar refractivity (Wildman–Crippen MR) is 77.1 cm³/mol. The lowest BCUT2D eigenvalue weighted by atomic mass is 10.1. The zero-order chi connectivity index (χ0) is 14.7. The van der Waals surface area contributed by atoms with Crippen molar-refractivity contribution in [2.24, 2.45) is 0 Å². The molecule has 2 aromatic rings. The SMILES string of the molecule is CCN(CC)CC(=O)c1c[nH]c2ccc([N+](=O)[O-])cc12. The van der Waals surface area contributed by atoms with Crippen LogP contribution in [0.1, 0.15) is 24.2 Å². The van der Waals surface area contributed by atoms with Crippen molar-refractivity contribution in [2.45, 2.75) is 13.8 Å². The van der Waals surface area contributed by atoms with Crippen molar-refractivity contribution in [3.63, 3.8) is 0 Å². The molecule has 0 spiro atoms. The summed E-state index contributed by atoms with van der Waals surface area (Å²) in [4.78, 5) is 27.7. The van der Waals surface area contributed by atoms with Crippen molar-refractivity contribution in [2.75, 3.05) is 19.6 Å². The van der Waals surface area contributed by atoms with E-state index in [0.29, 0.717) is 17.5 Å². The number of nitrogens with one attached hydrogen (secondary N) is 1. The molecule has 0 unspecified atom stereocenters. The Kier molecular flexibility index (Phi) is 4.14. The van der Waals surface area contributed by atoms with Crippen LogP contribution in [0.25, 0.3) is 10.9 Å². The maximum absolute atomic E-state index is 12.3. The number of non-ortho nitro benzene ring substituents is 1. The molecule has 6 heteroatoms. The van der Waals surface area contributed by atoms with Crippen LogP contribution in [0, 0.1) is 10.1 Å². The number of aromatic amines is 1. The number of aromatic nitrogens is 1. The van der Waals surface area contributed by atoms with Crippen LogP contribution in [0.2, 0.25) is 0 Å². The number of hydrogen-bond donors (Lipinski definition) is 1. The fourth-order valence-electron chi connectivity index (χ4n) is 2.19. The summed E-state index contributed by atoms with van der Waals surface area (Å²) >= 11 is 0. The fourth-order valence-corrected chi connectivity index (χ4v) is 2.19. The molecule has 0 amide bonds. The highest BCUT2D eigenvalue weighted by Gasteiger charge is 2.16. The molecule has 6 nitrogen and oxygen atoms in total. The van der Waals surface area contributed by atoms with E-state index < -0.39 is 4.92 Å². The second-order valence-electron chi connectivity index (χ2n) is 4.57. The molecule has 106 valence electrons. The Morgan fingerprint density at radius 2 is 2.05 bits per heavy atom. The van der Waals surface area contributed by atoms with Gasteiger partial charge >= 0.3 is 0 Å². The van der Waals surface area contributed by atoms with Gasteiger partial charge in [-0.3, -0.25) is 19.8 Å². The van der Waals surface area contributed by atoms with Gasteiger partial charge in [0.05, 0.1) is 11.5 Å². The minimum Gasteiger partial charge on any atom is -0.360 e. The van der Waals surface area contributed by atoms with Gasteiger partial charge in [0.25, 0.3) is 5.69 Å². The number of Topliss-reactive ketones (excluding diaryl/α,β-unsaturated/α-hetero) is 1. The third kappa shape index (κ3) is 2.70. The van der Waals surface area contributed by atoms with Gasteiger partial charge in [0.2, 0.25) is 0 Å². The number of carbonyl (C=O) groups is 1. The maximum atomic E-state index is 12.3. The molecule has 0 saturated carbocycles. The summed E-state index contributed by atoms with van der Waals surface area (Å²) in [5.74, 6) is -0.0274. The first kappa shape index (κ1) is 14.2. The summed E-state index contributed by atoms with van der Waals surface area (Å²) in [6, 6.07) is 4.50. The molecule has 0 aliphatic heterocycles. The number of benzene rings is 1. The van der Waals surface area contributed by atoms with Crippen LogP contribution >= 0.6 is 0 Å². The lowest BCUT2D eigenvalue weighted by molar-refractivity contribution is -0.384. The zero-order valence-corrected chi connectivity index (χ0v) is 11.5. The molecule has 0 bridgehead atoms. The van der Waals surface area contributed by atoms with Crippen molar-refractivity contribution in [1.82, 2.24) is 9.88 Å². The molecule has 1 heterocycles. The average molecular weight is 275 g/mol. The summed E-state index contributed by atoms with van der Waals surface area (Å²) in [5.41, 5.74) is 1.24. The molecule has 20 heavy (non-hydrogen) atoms. The van der Waals surface area contributed by atoms with E-state index in [0.717, 1.165) is 18.6 Å². The third-order valence-electron chi connectivity index (χ3n) is 3.44. The highest BCUT2D eigenvalue weighted by molar-refractivity contribution is 6.09. The van der Waals surface area contributed by atoms with Gasteiger partial charge in [0, 0.05) is 34.8 Å². The van der Waals surface area contributed by atoms with Gasteiger partial charge in [-0.05, 0) is 19.2 Å². The van der Waals surface area contributed by atoms with Crippen LogP contribution in [0.3, 0.4) is 0 Å². The molecule has 0 radical (unpaired) electrons. The maximum Gasteiger partial charge on any atom is 0.270 e. The topological polar surface area (TPSA) is 79.2 Å². The minimum atomic E-state index is -0.453. The summed E-state index contributed by atoms with van der Waals surface area (Å²) in [7, 11) is 0. The number of likely N-dealkylation sites (N-methyl/N-ethyl adjacent to an activating group) is 1. The van der Waals surface area contributed by atoms with Crippen molar-refractivity contribution in [1.29, 1.82) is 0 Å². The van der Waals surface area contributed by atoms with Crippen molar-refractivity contribution in [3.8, 4) is 0 Å². The van der Waals surface area contributed by atoms with E-state index in [1.54, 1.807) is 12.3 Å². The molecule has 0 aliphatic rings. The highest BCUT2D eigenvalue weighted by Crippen LogP contribution is 2.24. The zero-order valence-electron chi connectivity index (χ0n) is 11.5. The number of nitro groups is 1. The predicted octanol–water partition coefficient (Wildman–Crippen LogP) is 2.60.